The highest BCUT2D eigenvalue weighted by molar-refractivity contribution is 7.92. The van der Waals surface area contributed by atoms with E-state index in [-0.39, 0.29) is 18.4 Å². The van der Waals surface area contributed by atoms with Gasteiger partial charge in [0.25, 0.3) is 5.91 Å². The van der Waals surface area contributed by atoms with Crippen LogP contribution in [0.1, 0.15) is 28.4 Å². The van der Waals surface area contributed by atoms with Crippen molar-refractivity contribution in [2.75, 3.05) is 21.2 Å². The zero-order valence-electron chi connectivity index (χ0n) is 18.1. The zero-order valence-corrected chi connectivity index (χ0v) is 18.9. The quantitative estimate of drug-likeness (QED) is 0.564. The third-order valence-corrected chi connectivity index (χ3v) is 5.84. The fourth-order valence-corrected chi connectivity index (χ4v) is 4.03. The first-order valence-corrected chi connectivity index (χ1v) is 11.8. The lowest BCUT2D eigenvalue weighted by molar-refractivity contribution is -0.114. The largest absolute Gasteiger partial charge is 0.326 e. The maximum Gasteiger partial charge on any atom is 0.255 e. The number of hydrogen-bond acceptors (Lipinski definition) is 4. The van der Waals surface area contributed by atoms with E-state index in [4.69, 9.17) is 0 Å². The molecular weight excluding hydrogens is 426 g/mol. The Kier molecular flexibility index (Phi) is 6.95. The van der Waals surface area contributed by atoms with Crippen LogP contribution in [0.3, 0.4) is 0 Å². The average molecular weight is 452 g/mol. The van der Waals surface area contributed by atoms with Crippen LogP contribution in [0.4, 0.5) is 17.1 Å². The van der Waals surface area contributed by atoms with Crippen molar-refractivity contribution in [3.63, 3.8) is 0 Å². The van der Waals surface area contributed by atoms with Gasteiger partial charge in [-0.05, 0) is 66.6 Å². The summed E-state index contributed by atoms with van der Waals surface area (Å²) in [6.45, 7) is 3.49. The Labute approximate surface area is 188 Å². The summed E-state index contributed by atoms with van der Waals surface area (Å²) in [5.74, 6) is -0.457. The lowest BCUT2D eigenvalue weighted by atomic mass is 10.1. The monoisotopic (exact) mass is 451 g/mol. The minimum Gasteiger partial charge on any atom is -0.326 e. The van der Waals surface area contributed by atoms with Crippen LogP contribution in [-0.4, -0.2) is 26.5 Å². The maximum atomic E-state index is 12.5. The van der Waals surface area contributed by atoms with Crippen molar-refractivity contribution >= 4 is 38.9 Å². The number of nitrogens with zero attached hydrogens (tertiary/aromatic N) is 1. The van der Waals surface area contributed by atoms with E-state index in [1.807, 2.05) is 25.1 Å². The number of rotatable bonds is 7. The predicted octanol–water partition coefficient (Wildman–Crippen LogP) is 4.17. The molecule has 7 nitrogen and oxygen atoms in total. The number of hydrogen-bond donors (Lipinski definition) is 2. The van der Waals surface area contributed by atoms with Crippen molar-refractivity contribution in [2.24, 2.45) is 0 Å². The molecule has 0 saturated heterocycles. The number of nitrogens with one attached hydrogen (secondary N) is 2. The summed E-state index contributed by atoms with van der Waals surface area (Å²) >= 11 is 0. The molecule has 0 heterocycles. The molecule has 8 heteroatoms. The zero-order chi connectivity index (χ0) is 23.3. The summed E-state index contributed by atoms with van der Waals surface area (Å²) in [5.41, 5.74) is 4.00. The summed E-state index contributed by atoms with van der Waals surface area (Å²) in [6, 6.07) is 20.9. The van der Waals surface area contributed by atoms with Gasteiger partial charge < -0.3 is 10.6 Å². The van der Waals surface area contributed by atoms with Crippen LogP contribution < -0.4 is 14.9 Å². The van der Waals surface area contributed by atoms with E-state index in [2.05, 4.69) is 10.6 Å². The molecule has 3 rings (SSSR count). The van der Waals surface area contributed by atoms with Gasteiger partial charge in [-0.15, -0.1) is 0 Å². The van der Waals surface area contributed by atoms with Gasteiger partial charge in [0.15, 0.2) is 0 Å². The first-order valence-electron chi connectivity index (χ1n) is 9.94. The summed E-state index contributed by atoms with van der Waals surface area (Å²) in [4.78, 5) is 23.6. The third-order valence-electron chi connectivity index (χ3n) is 4.70. The lowest BCUT2D eigenvalue weighted by Gasteiger charge is -2.23. The van der Waals surface area contributed by atoms with Crippen LogP contribution in [0, 0.1) is 6.92 Å². The number of aryl methyl sites for hydroxylation is 1. The average Bonchev–Trinajstić information content (AvgIpc) is 2.72. The summed E-state index contributed by atoms with van der Waals surface area (Å²) in [6.07, 6.45) is 1.17. The van der Waals surface area contributed by atoms with Crippen LogP contribution in [0.5, 0.6) is 0 Å². The van der Waals surface area contributed by atoms with Gasteiger partial charge in [-0.1, -0.05) is 24.3 Å². The van der Waals surface area contributed by atoms with E-state index >= 15 is 0 Å². The van der Waals surface area contributed by atoms with Gasteiger partial charge in [0.05, 0.1) is 18.5 Å². The highest BCUT2D eigenvalue weighted by atomic mass is 32.2. The molecule has 0 radical (unpaired) electrons. The molecule has 166 valence electrons. The second-order valence-electron chi connectivity index (χ2n) is 7.52. The van der Waals surface area contributed by atoms with Gasteiger partial charge in [0.1, 0.15) is 0 Å². The van der Waals surface area contributed by atoms with E-state index < -0.39 is 10.0 Å². The van der Waals surface area contributed by atoms with Crippen LogP contribution in [0.25, 0.3) is 0 Å². The van der Waals surface area contributed by atoms with Gasteiger partial charge in [-0.2, -0.15) is 0 Å². The molecule has 0 aromatic heterocycles. The topological polar surface area (TPSA) is 95.6 Å². The van der Waals surface area contributed by atoms with Gasteiger partial charge >= 0.3 is 0 Å². The molecule has 3 aromatic carbocycles. The normalized spacial score (nSPS) is 11.0. The van der Waals surface area contributed by atoms with Crippen LogP contribution in [0.2, 0.25) is 0 Å². The third kappa shape index (κ3) is 6.18. The first-order chi connectivity index (χ1) is 15.1. The molecule has 0 aliphatic rings. The second kappa shape index (κ2) is 9.65. The lowest BCUT2D eigenvalue weighted by Crippen LogP contribution is -2.29. The second-order valence-corrected chi connectivity index (χ2v) is 9.43. The van der Waals surface area contributed by atoms with Crippen LogP contribution >= 0.6 is 0 Å². The Morgan fingerprint density at radius 3 is 2.00 bits per heavy atom. The molecule has 0 fully saturated rings. The Morgan fingerprint density at radius 2 is 1.47 bits per heavy atom. The van der Waals surface area contributed by atoms with Gasteiger partial charge in [0.2, 0.25) is 15.9 Å². The van der Waals surface area contributed by atoms with Gasteiger partial charge in [-0.3, -0.25) is 13.9 Å². The highest BCUT2D eigenvalue weighted by Crippen LogP contribution is 2.22. The molecule has 0 saturated carbocycles. The minimum absolute atomic E-state index is 0.162. The molecule has 32 heavy (non-hydrogen) atoms. The van der Waals surface area contributed by atoms with E-state index in [1.165, 1.54) is 17.5 Å². The standard InChI is InChI=1S/C24H25N3O4S/c1-17-5-4-6-23(15-17)27(32(3,30)31)16-19-7-9-20(10-8-19)24(29)26-22-13-11-21(12-14-22)25-18(2)28/h4-15H,16H2,1-3H3,(H,25,28)(H,26,29). The number of anilines is 3. The van der Waals surface area contributed by atoms with E-state index in [9.17, 15) is 18.0 Å². The van der Waals surface area contributed by atoms with Crippen molar-refractivity contribution in [3.05, 3.63) is 89.5 Å². The minimum atomic E-state index is -3.48. The molecular formula is C24H25N3O4S. The number of amides is 2. The molecule has 0 atom stereocenters. The Hall–Kier alpha value is -3.65. The molecule has 0 unspecified atom stereocenters. The Balaban J connectivity index is 1.70. The predicted molar refractivity (Wildman–Crippen MR) is 127 cm³/mol. The molecule has 0 aliphatic heterocycles. The van der Waals surface area contributed by atoms with Crippen molar-refractivity contribution in [1.29, 1.82) is 0 Å². The Morgan fingerprint density at radius 1 is 0.875 bits per heavy atom. The fraction of sp³-hybridized carbons (Fsp3) is 0.167. The van der Waals surface area contributed by atoms with Gasteiger partial charge in [-0.25, -0.2) is 8.42 Å². The molecule has 3 aromatic rings. The summed E-state index contributed by atoms with van der Waals surface area (Å²) in [5, 5.41) is 5.46. The van der Waals surface area contributed by atoms with Gasteiger partial charge in [0, 0.05) is 23.9 Å². The molecule has 0 aliphatic carbocycles. The SMILES string of the molecule is CC(=O)Nc1ccc(NC(=O)c2ccc(CN(c3cccc(C)c3)S(C)(=O)=O)cc2)cc1. The summed E-state index contributed by atoms with van der Waals surface area (Å²) < 4.78 is 26.0. The summed E-state index contributed by atoms with van der Waals surface area (Å²) in [7, 11) is -3.48. The smallest absolute Gasteiger partial charge is 0.255 e. The fourth-order valence-electron chi connectivity index (χ4n) is 3.15. The van der Waals surface area contributed by atoms with E-state index in [1.54, 1.807) is 54.6 Å². The first kappa shape index (κ1) is 23.0. The highest BCUT2D eigenvalue weighted by Gasteiger charge is 2.18. The molecule has 2 N–H and O–H groups in total. The Bertz CT molecular complexity index is 1220. The number of sulfonamides is 1. The van der Waals surface area contributed by atoms with E-state index in [0.29, 0.717) is 22.6 Å². The van der Waals surface area contributed by atoms with Crippen molar-refractivity contribution in [2.45, 2.75) is 20.4 Å². The van der Waals surface area contributed by atoms with Crippen LogP contribution in [0.15, 0.2) is 72.8 Å². The maximum absolute atomic E-state index is 12.5. The van der Waals surface area contributed by atoms with Crippen molar-refractivity contribution in [1.82, 2.24) is 0 Å². The number of carbonyl (C=O) groups excluding carboxylic acids is 2. The molecule has 0 spiro atoms. The van der Waals surface area contributed by atoms with Crippen molar-refractivity contribution in [3.8, 4) is 0 Å². The number of benzene rings is 3. The van der Waals surface area contributed by atoms with E-state index in [0.717, 1.165) is 11.1 Å². The molecule has 2 amide bonds. The number of carbonyl (C=O) groups is 2. The van der Waals surface area contributed by atoms with Crippen molar-refractivity contribution < 1.29 is 18.0 Å². The molecule has 0 bridgehead atoms. The van der Waals surface area contributed by atoms with Crippen LogP contribution in [-0.2, 0) is 21.4 Å².